The molecule has 1 unspecified atom stereocenters. The topological polar surface area (TPSA) is 38.1 Å². The lowest BCUT2D eigenvalue weighted by atomic mass is 9.91. The third-order valence-corrected chi connectivity index (χ3v) is 4.77. The molecule has 102 valence electrons. The monoisotopic (exact) mass is 276 g/mol. The summed E-state index contributed by atoms with van der Waals surface area (Å²) in [6.07, 6.45) is 6.62. The van der Waals surface area contributed by atoms with Gasteiger partial charge in [-0.25, -0.2) is 4.98 Å². The maximum atomic E-state index is 5.46. The highest BCUT2D eigenvalue weighted by Gasteiger charge is 2.25. The summed E-state index contributed by atoms with van der Waals surface area (Å²) in [7, 11) is 0. The van der Waals surface area contributed by atoms with Crippen LogP contribution in [0.1, 0.15) is 42.7 Å². The summed E-state index contributed by atoms with van der Waals surface area (Å²) in [6.45, 7) is 4.36. The fourth-order valence-electron chi connectivity index (χ4n) is 2.66. The molecule has 0 amide bonds. The minimum atomic E-state index is 0.579. The normalized spacial score (nSPS) is 18.5. The molecule has 0 saturated carbocycles. The number of furan rings is 1. The van der Waals surface area contributed by atoms with E-state index in [1.807, 2.05) is 12.1 Å². The molecule has 1 aliphatic rings. The summed E-state index contributed by atoms with van der Waals surface area (Å²) >= 11 is 1.80. The minimum Gasteiger partial charge on any atom is -0.462 e. The Labute approximate surface area is 118 Å². The van der Waals surface area contributed by atoms with Gasteiger partial charge in [-0.3, -0.25) is 0 Å². The third-order valence-electron chi connectivity index (χ3n) is 3.62. The fourth-order valence-corrected chi connectivity index (χ4v) is 3.82. The van der Waals surface area contributed by atoms with Crippen LogP contribution in [0.15, 0.2) is 22.8 Å². The van der Waals surface area contributed by atoms with Crippen LogP contribution in [-0.4, -0.2) is 18.1 Å². The predicted molar refractivity (Wildman–Crippen MR) is 78.7 cm³/mol. The Morgan fingerprint density at radius 1 is 1.53 bits per heavy atom. The van der Waals surface area contributed by atoms with Crippen LogP contribution >= 0.6 is 11.3 Å². The van der Waals surface area contributed by atoms with Gasteiger partial charge >= 0.3 is 0 Å². The molecule has 19 heavy (non-hydrogen) atoms. The molecule has 0 aromatic carbocycles. The molecule has 1 aliphatic carbocycles. The molecule has 1 N–H and O–H groups in total. The van der Waals surface area contributed by atoms with Crippen molar-refractivity contribution >= 4 is 11.3 Å². The molecule has 0 bridgehead atoms. The number of rotatable bonds is 5. The van der Waals surface area contributed by atoms with Crippen LogP contribution in [0.25, 0.3) is 10.8 Å². The first kappa shape index (κ1) is 12.9. The third kappa shape index (κ3) is 2.74. The van der Waals surface area contributed by atoms with Gasteiger partial charge in [-0.2, -0.15) is 0 Å². The van der Waals surface area contributed by atoms with E-state index in [2.05, 4.69) is 12.2 Å². The Morgan fingerprint density at radius 3 is 3.26 bits per heavy atom. The predicted octanol–water partition coefficient (Wildman–Crippen LogP) is 3.82. The molecule has 2 heterocycles. The number of thiazole rings is 1. The maximum Gasteiger partial charge on any atom is 0.162 e. The van der Waals surface area contributed by atoms with E-state index in [0.29, 0.717) is 5.92 Å². The fraction of sp³-hybridized carbons (Fsp3) is 0.533. The lowest BCUT2D eigenvalue weighted by Gasteiger charge is -2.21. The molecule has 2 aromatic heterocycles. The molecule has 0 radical (unpaired) electrons. The number of fused-ring (bicyclic) bond motifs is 1. The highest BCUT2D eigenvalue weighted by atomic mass is 32.1. The van der Waals surface area contributed by atoms with E-state index in [1.54, 1.807) is 17.6 Å². The summed E-state index contributed by atoms with van der Waals surface area (Å²) < 4.78 is 5.46. The Kier molecular flexibility index (Phi) is 3.99. The molecular formula is C15H20N2OS. The quantitative estimate of drug-likeness (QED) is 0.844. The van der Waals surface area contributed by atoms with E-state index in [9.17, 15) is 0 Å². The van der Waals surface area contributed by atoms with Gasteiger partial charge in [0.1, 0.15) is 0 Å². The van der Waals surface area contributed by atoms with Crippen molar-refractivity contribution in [2.75, 3.05) is 13.1 Å². The molecule has 0 spiro atoms. The standard InChI is InChI=1S/C15H20N2OS/c1-2-8-16-10-11-5-3-7-13-14(11)17-15(19-13)12-6-4-9-18-12/h4,6,9,11,16H,2-3,5,7-8,10H2,1H3. The number of hydrogen-bond donors (Lipinski definition) is 1. The second-order valence-corrected chi connectivity index (χ2v) is 6.18. The Balaban J connectivity index is 1.80. The highest BCUT2D eigenvalue weighted by Crippen LogP contribution is 2.37. The van der Waals surface area contributed by atoms with Crippen LogP contribution in [0.4, 0.5) is 0 Å². The summed E-state index contributed by atoms with van der Waals surface area (Å²) in [5.74, 6) is 1.48. The maximum absolute atomic E-state index is 5.46. The van der Waals surface area contributed by atoms with Crippen molar-refractivity contribution in [2.24, 2.45) is 0 Å². The second kappa shape index (κ2) is 5.88. The van der Waals surface area contributed by atoms with Gasteiger partial charge < -0.3 is 9.73 Å². The van der Waals surface area contributed by atoms with E-state index in [1.165, 1.54) is 36.3 Å². The van der Waals surface area contributed by atoms with Gasteiger partial charge in [-0.05, 0) is 44.4 Å². The first-order valence-corrected chi connectivity index (χ1v) is 7.94. The van der Waals surface area contributed by atoms with Gasteiger partial charge in [-0.15, -0.1) is 11.3 Å². The van der Waals surface area contributed by atoms with Crippen molar-refractivity contribution in [1.82, 2.24) is 10.3 Å². The van der Waals surface area contributed by atoms with Gasteiger partial charge in [0.2, 0.25) is 0 Å². The zero-order valence-electron chi connectivity index (χ0n) is 11.3. The van der Waals surface area contributed by atoms with Crippen LogP contribution in [0.5, 0.6) is 0 Å². The Bertz CT molecular complexity index is 518. The average Bonchev–Trinajstić information content (AvgIpc) is 3.08. The molecule has 0 aliphatic heterocycles. The minimum absolute atomic E-state index is 0.579. The Hall–Kier alpha value is -1.13. The summed E-state index contributed by atoms with van der Waals surface area (Å²) in [5.41, 5.74) is 1.31. The van der Waals surface area contributed by atoms with Crippen molar-refractivity contribution in [2.45, 2.75) is 38.5 Å². The van der Waals surface area contributed by atoms with Crippen LogP contribution in [0.2, 0.25) is 0 Å². The number of nitrogens with one attached hydrogen (secondary N) is 1. The molecule has 1 atom stereocenters. The van der Waals surface area contributed by atoms with E-state index in [4.69, 9.17) is 9.40 Å². The van der Waals surface area contributed by atoms with Crippen LogP contribution in [0.3, 0.4) is 0 Å². The molecule has 3 nitrogen and oxygen atoms in total. The van der Waals surface area contributed by atoms with Crippen molar-refractivity contribution in [1.29, 1.82) is 0 Å². The summed E-state index contributed by atoms with van der Waals surface area (Å²) in [4.78, 5) is 6.30. The number of aromatic nitrogens is 1. The molecule has 0 fully saturated rings. The highest BCUT2D eigenvalue weighted by molar-refractivity contribution is 7.15. The molecular weight excluding hydrogens is 256 g/mol. The van der Waals surface area contributed by atoms with E-state index < -0.39 is 0 Å². The number of aryl methyl sites for hydroxylation is 1. The lowest BCUT2D eigenvalue weighted by molar-refractivity contribution is 0.501. The van der Waals surface area contributed by atoms with E-state index in [-0.39, 0.29) is 0 Å². The van der Waals surface area contributed by atoms with Gasteiger partial charge in [0, 0.05) is 17.3 Å². The molecule has 3 rings (SSSR count). The smallest absolute Gasteiger partial charge is 0.162 e. The van der Waals surface area contributed by atoms with E-state index in [0.717, 1.165) is 23.9 Å². The van der Waals surface area contributed by atoms with Crippen LogP contribution in [-0.2, 0) is 6.42 Å². The number of hydrogen-bond acceptors (Lipinski definition) is 4. The molecule has 2 aromatic rings. The number of nitrogens with zero attached hydrogens (tertiary/aromatic N) is 1. The van der Waals surface area contributed by atoms with Crippen molar-refractivity contribution < 1.29 is 4.42 Å². The first-order chi connectivity index (χ1) is 9.38. The molecule has 4 heteroatoms. The van der Waals surface area contributed by atoms with Crippen molar-refractivity contribution in [3.05, 3.63) is 29.0 Å². The lowest BCUT2D eigenvalue weighted by Crippen LogP contribution is -2.24. The van der Waals surface area contributed by atoms with Crippen LogP contribution in [0, 0.1) is 0 Å². The van der Waals surface area contributed by atoms with Gasteiger partial charge in [0.05, 0.1) is 12.0 Å². The van der Waals surface area contributed by atoms with E-state index >= 15 is 0 Å². The summed E-state index contributed by atoms with van der Waals surface area (Å²) in [5, 5.41) is 4.57. The summed E-state index contributed by atoms with van der Waals surface area (Å²) in [6, 6.07) is 3.92. The first-order valence-electron chi connectivity index (χ1n) is 7.12. The van der Waals surface area contributed by atoms with Crippen molar-refractivity contribution in [3.63, 3.8) is 0 Å². The van der Waals surface area contributed by atoms with Crippen LogP contribution < -0.4 is 5.32 Å². The SMILES string of the molecule is CCCNCC1CCCc2sc(-c3ccco3)nc21. The van der Waals surface area contributed by atoms with Gasteiger partial charge in [0.25, 0.3) is 0 Å². The zero-order chi connectivity index (χ0) is 13.1. The molecule has 0 saturated heterocycles. The average molecular weight is 276 g/mol. The zero-order valence-corrected chi connectivity index (χ0v) is 12.1. The largest absolute Gasteiger partial charge is 0.462 e. The van der Waals surface area contributed by atoms with Crippen molar-refractivity contribution in [3.8, 4) is 10.8 Å². The van der Waals surface area contributed by atoms with Gasteiger partial charge in [-0.1, -0.05) is 6.92 Å². The second-order valence-electron chi connectivity index (χ2n) is 5.10. The Morgan fingerprint density at radius 2 is 2.47 bits per heavy atom. The van der Waals surface area contributed by atoms with Gasteiger partial charge in [0.15, 0.2) is 10.8 Å².